The third-order valence-electron chi connectivity index (χ3n) is 7.02. The monoisotopic (exact) mass is 640 g/mol. The standard InChI is InChI=1S/C33H29BrN4O5/c1-20(2)27-17-28(21(3)15-31(27)42-4)32-36-29-8-6-5-7-26(29)33(39)37(32)35-18-23-16-25(38(40)41)13-14-30(23)43-19-22-9-11-24(34)12-10-22/h5-18,20H,19H2,1-4H3. The van der Waals surface area contributed by atoms with Crippen LogP contribution in [-0.4, -0.2) is 27.9 Å². The normalized spacial score (nSPS) is 11.4. The number of hydrogen-bond acceptors (Lipinski definition) is 7. The van der Waals surface area contributed by atoms with Crippen molar-refractivity contribution in [1.82, 2.24) is 9.66 Å². The van der Waals surface area contributed by atoms with Gasteiger partial charge < -0.3 is 9.47 Å². The highest BCUT2D eigenvalue weighted by molar-refractivity contribution is 9.10. The van der Waals surface area contributed by atoms with Crippen molar-refractivity contribution < 1.29 is 14.4 Å². The minimum Gasteiger partial charge on any atom is -0.496 e. The predicted octanol–water partition coefficient (Wildman–Crippen LogP) is 7.64. The maximum atomic E-state index is 13.8. The number of nitrogens with zero attached hydrogens (tertiary/aromatic N) is 4. The molecule has 10 heteroatoms. The maximum absolute atomic E-state index is 13.8. The lowest BCUT2D eigenvalue weighted by molar-refractivity contribution is -0.384. The van der Waals surface area contributed by atoms with Crippen LogP contribution >= 0.6 is 15.9 Å². The molecular weight excluding hydrogens is 612 g/mol. The predicted molar refractivity (Wildman–Crippen MR) is 171 cm³/mol. The van der Waals surface area contributed by atoms with Gasteiger partial charge in [0.15, 0.2) is 5.82 Å². The summed E-state index contributed by atoms with van der Waals surface area (Å²) in [4.78, 5) is 29.8. The van der Waals surface area contributed by atoms with Gasteiger partial charge in [-0.1, -0.05) is 54.0 Å². The van der Waals surface area contributed by atoms with E-state index in [-0.39, 0.29) is 23.8 Å². The first-order valence-electron chi connectivity index (χ1n) is 13.6. The van der Waals surface area contributed by atoms with Crippen LogP contribution in [-0.2, 0) is 6.61 Å². The lowest BCUT2D eigenvalue weighted by Gasteiger charge is -2.17. The number of nitro groups is 1. The van der Waals surface area contributed by atoms with E-state index in [9.17, 15) is 14.9 Å². The maximum Gasteiger partial charge on any atom is 0.282 e. The highest BCUT2D eigenvalue weighted by Gasteiger charge is 2.19. The fourth-order valence-corrected chi connectivity index (χ4v) is 4.98. The van der Waals surface area contributed by atoms with Crippen molar-refractivity contribution in [3.63, 3.8) is 0 Å². The van der Waals surface area contributed by atoms with Crippen molar-refractivity contribution in [2.45, 2.75) is 33.3 Å². The van der Waals surface area contributed by atoms with Gasteiger partial charge in [-0.25, -0.2) is 4.98 Å². The molecule has 218 valence electrons. The molecule has 0 radical (unpaired) electrons. The second kappa shape index (κ2) is 12.6. The third-order valence-corrected chi connectivity index (χ3v) is 7.55. The summed E-state index contributed by atoms with van der Waals surface area (Å²) in [7, 11) is 1.63. The molecule has 0 aliphatic carbocycles. The molecule has 0 unspecified atom stereocenters. The summed E-state index contributed by atoms with van der Waals surface area (Å²) < 4.78 is 13.8. The molecule has 0 saturated heterocycles. The largest absolute Gasteiger partial charge is 0.496 e. The zero-order chi connectivity index (χ0) is 30.7. The second-order valence-electron chi connectivity index (χ2n) is 10.3. The zero-order valence-corrected chi connectivity index (χ0v) is 25.7. The Labute approximate surface area is 256 Å². The lowest BCUT2D eigenvalue weighted by Crippen LogP contribution is -2.21. The number of benzene rings is 4. The lowest BCUT2D eigenvalue weighted by atomic mass is 9.96. The van der Waals surface area contributed by atoms with E-state index < -0.39 is 4.92 Å². The summed E-state index contributed by atoms with van der Waals surface area (Å²) in [5.74, 6) is 1.61. The number of fused-ring (bicyclic) bond motifs is 1. The summed E-state index contributed by atoms with van der Waals surface area (Å²) >= 11 is 3.42. The van der Waals surface area contributed by atoms with Gasteiger partial charge in [0, 0.05) is 27.7 Å². The van der Waals surface area contributed by atoms with Gasteiger partial charge in [0.2, 0.25) is 0 Å². The van der Waals surface area contributed by atoms with E-state index in [0.717, 1.165) is 32.5 Å². The van der Waals surface area contributed by atoms with E-state index in [1.165, 1.54) is 29.1 Å². The molecule has 0 N–H and O–H groups in total. The summed E-state index contributed by atoms with van der Waals surface area (Å²) in [5.41, 5.74) is 3.81. The number of para-hydroxylation sites is 1. The Bertz CT molecular complexity index is 1920. The summed E-state index contributed by atoms with van der Waals surface area (Å²) in [5, 5.41) is 16.6. The van der Waals surface area contributed by atoms with Crippen LogP contribution in [0, 0.1) is 17.0 Å². The van der Waals surface area contributed by atoms with Crippen LogP contribution in [0.2, 0.25) is 0 Å². The minimum absolute atomic E-state index is 0.130. The first kappa shape index (κ1) is 29.7. The van der Waals surface area contributed by atoms with Crippen molar-refractivity contribution in [2.24, 2.45) is 5.10 Å². The number of rotatable bonds is 9. The summed E-state index contributed by atoms with van der Waals surface area (Å²) in [6.07, 6.45) is 1.40. The van der Waals surface area contributed by atoms with Crippen LogP contribution in [0.25, 0.3) is 22.3 Å². The van der Waals surface area contributed by atoms with Gasteiger partial charge in [-0.2, -0.15) is 9.78 Å². The SMILES string of the molecule is COc1cc(C)c(-c2nc3ccccc3c(=O)n2N=Cc2cc([N+](=O)[O-])ccc2OCc2ccc(Br)cc2)cc1C(C)C. The molecule has 9 nitrogen and oxygen atoms in total. The fourth-order valence-electron chi connectivity index (χ4n) is 4.72. The number of non-ortho nitro benzene ring substituents is 1. The van der Waals surface area contributed by atoms with E-state index in [1.807, 2.05) is 49.4 Å². The van der Waals surface area contributed by atoms with Gasteiger partial charge in [-0.15, -0.1) is 0 Å². The Morgan fingerprint density at radius 1 is 1.05 bits per heavy atom. The molecule has 0 aliphatic rings. The number of aryl methyl sites for hydroxylation is 1. The summed E-state index contributed by atoms with van der Waals surface area (Å²) in [6, 6.07) is 22.9. The molecule has 0 fully saturated rings. The Morgan fingerprint density at radius 3 is 2.49 bits per heavy atom. The van der Waals surface area contributed by atoms with E-state index in [0.29, 0.717) is 28.0 Å². The van der Waals surface area contributed by atoms with Gasteiger partial charge in [0.05, 0.1) is 29.2 Å². The molecule has 0 spiro atoms. The van der Waals surface area contributed by atoms with Crippen LogP contribution in [0.1, 0.15) is 42.0 Å². The Balaban J connectivity index is 1.66. The highest BCUT2D eigenvalue weighted by Crippen LogP contribution is 2.34. The van der Waals surface area contributed by atoms with Gasteiger partial charge in [0.25, 0.3) is 11.2 Å². The van der Waals surface area contributed by atoms with Crippen molar-refractivity contribution >= 4 is 38.7 Å². The van der Waals surface area contributed by atoms with Gasteiger partial charge in [-0.3, -0.25) is 14.9 Å². The van der Waals surface area contributed by atoms with Crippen LogP contribution in [0.5, 0.6) is 11.5 Å². The van der Waals surface area contributed by atoms with Crippen LogP contribution in [0.4, 0.5) is 5.69 Å². The van der Waals surface area contributed by atoms with E-state index in [1.54, 1.807) is 25.3 Å². The van der Waals surface area contributed by atoms with Gasteiger partial charge >= 0.3 is 0 Å². The molecule has 0 aliphatic heterocycles. The van der Waals surface area contributed by atoms with Gasteiger partial charge in [0.1, 0.15) is 18.1 Å². The quantitative estimate of drug-likeness (QED) is 0.0930. The highest BCUT2D eigenvalue weighted by atomic mass is 79.9. The molecule has 0 saturated carbocycles. The van der Waals surface area contributed by atoms with E-state index in [4.69, 9.17) is 14.5 Å². The number of nitro benzene ring substituents is 1. The first-order valence-corrected chi connectivity index (χ1v) is 14.4. The third kappa shape index (κ3) is 6.34. The summed E-state index contributed by atoms with van der Waals surface area (Å²) in [6.45, 7) is 6.28. The molecular formula is C33H29BrN4O5. The molecule has 1 heterocycles. The smallest absolute Gasteiger partial charge is 0.282 e. The van der Waals surface area contributed by atoms with E-state index in [2.05, 4.69) is 34.9 Å². The minimum atomic E-state index is -0.487. The van der Waals surface area contributed by atoms with Crippen molar-refractivity contribution in [3.05, 3.63) is 126 Å². The van der Waals surface area contributed by atoms with Gasteiger partial charge in [-0.05, 0) is 72.0 Å². The number of ether oxygens (including phenoxy) is 2. The molecule has 1 aromatic heterocycles. The van der Waals surface area contributed by atoms with Crippen molar-refractivity contribution in [1.29, 1.82) is 0 Å². The molecule has 0 amide bonds. The molecule has 5 aromatic rings. The average molecular weight is 642 g/mol. The second-order valence-corrected chi connectivity index (χ2v) is 11.2. The van der Waals surface area contributed by atoms with Crippen LogP contribution in [0.3, 0.4) is 0 Å². The van der Waals surface area contributed by atoms with Crippen molar-refractivity contribution in [3.8, 4) is 22.9 Å². The molecule has 0 atom stereocenters. The number of methoxy groups -OCH3 is 1. The number of hydrogen-bond donors (Lipinski definition) is 0. The van der Waals surface area contributed by atoms with Crippen molar-refractivity contribution in [2.75, 3.05) is 7.11 Å². The average Bonchev–Trinajstić information content (AvgIpc) is 3.00. The molecule has 4 aromatic carbocycles. The number of aromatic nitrogens is 2. The molecule has 5 rings (SSSR count). The van der Waals surface area contributed by atoms with Crippen LogP contribution < -0.4 is 15.0 Å². The Kier molecular flexibility index (Phi) is 8.68. The molecule has 43 heavy (non-hydrogen) atoms. The fraction of sp³-hybridized carbons (Fsp3) is 0.182. The number of halogens is 1. The zero-order valence-electron chi connectivity index (χ0n) is 24.1. The van der Waals surface area contributed by atoms with E-state index >= 15 is 0 Å². The van der Waals surface area contributed by atoms with Crippen LogP contribution in [0.15, 0.2) is 93.2 Å². The topological polar surface area (TPSA) is 109 Å². The molecule has 0 bridgehead atoms. The Hall–Kier alpha value is -4.83. The first-order chi connectivity index (χ1) is 20.7. The Morgan fingerprint density at radius 2 is 1.79 bits per heavy atom.